The molecule has 0 unspecified atom stereocenters. The molecule has 0 aromatic carbocycles. The summed E-state index contributed by atoms with van der Waals surface area (Å²) < 4.78 is 4.18. The number of carbonyl (C=O) groups excluding carboxylic acids is 1. The molecule has 0 atom stereocenters. The van der Waals surface area contributed by atoms with Crippen LogP contribution >= 0.6 is 0 Å². The lowest BCUT2D eigenvalue weighted by atomic mass is 10.9. The number of amides is 1. The third-order valence-corrected chi connectivity index (χ3v) is 0.974. The molecule has 0 aliphatic carbocycles. The van der Waals surface area contributed by atoms with Crippen molar-refractivity contribution < 1.29 is 9.53 Å². The number of anilines is 3. The number of hydrogen-bond donors (Lipinski definition) is 4. The van der Waals surface area contributed by atoms with Crippen LogP contribution in [0.3, 0.4) is 0 Å². The van der Waals surface area contributed by atoms with Gasteiger partial charge in [0.2, 0.25) is 17.8 Å². The van der Waals surface area contributed by atoms with Crippen LogP contribution in [0.15, 0.2) is 0 Å². The summed E-state index contributed by atoms with van der Waals surface area (Å²) in [4.78, 5) is 20.1. The van der Waals surface area contributed by atoms with E-state index in [1.54, 1.807) is 6.92 Å². The largest absolute Gasteiger partial charge is 0.450 e. The number of hydrogen-bond acceptors (Lipinski definition) is 8. The molecular formula is C6H17N7O2Si. The Hall–Kier alpha value is -2.10. The summed E-state index contributed by atoms with van der Waals surface area (Å²) in [5.41, 5.74) is 20.0. The molecule has 9 nitrogen and oxygen atoms in total. The molecule has 0 aliphatic heterocycles. The first-order valence-electron chi connectivity index (χ1n) is 3.90. The van der Waals surface area contributed by atoms with Gasteiger partial charge in [-0.3, -0.25) is 0 Å². The van der Waals surface area contributed by atoms with Crippen LogP contribution in [-0.2, 0) is 4.74 Å². The molecule has 0 saturated carbocycles. The first kappa shape index (κ1) is 16.3. The van der Waals surface area contributed by atoms with Crippen LogP contribution in [-0.4, -0.2) is 38.6 Å². The molecule has 92 valence electrons. The molecular weight excluding hydrogens is 230 g/mol. The van der Waals surface area contributed by atoms with Gasteiger partial charge in [0.25, 0.3) is 0 Å². The summed E-state index contributed by atoms with van der Waals surface area (Å²) in [6.07, 6.45) is -0.711. The second-order valence-electron chi connectivity index (χ2n) is 2.16. The lowest BCUT2D eigenvalue weighted by Crippen LogP contribution is -2.11. The third-order valence-electron chi connectivity index (χ3n) is 0.974. The highest BCUT2D eigenvalue weighted by Gasteiger charge is 1.93. The summed E-state index contributed by atoms with van der Waals surface area (Å²) in [6, 6.07) is 0. The van der Waals surface area contributed by atoms with Crippen molar-refractivity contribution >= 4 is 34.9 Å². The third kappa shape index (κ3) is 8.49. The Kier molecular flexibility index (Phi) is 8.40. The number of nitrogens with zero attached hydrogens (tertiary/aromatic N) is 3. The monoisotopic (exact) mass is 247 g/mol. The first-order valence-corrected chi connectivity index (χ1v) is 3.90. The maximum absolute atomic E-state index is 9.60. The number of ether oxygens (including phenoxy) is 1. The van der Waals surface area contributed by atoms with E-state index in [0.717, 1.165) is 0 Å². The van der Waals surface area contributed by atoms with Crippen LogP contribution in [0.5, 0.6) is 0 Å². The molecule has 1 rings (SSSR count). The van der Waals surface area contributed by atoms with Crippen molar-refractivity contribution in [2.75, 3.05) is 23.8 Å². The van der Waals surface area contributed by atoms with E-state index in [-0.39, 0.29) is 28.8 Å². The average Bonchev–Trinajstić information content (AvgIpc) is 2.00. The first-order chi connectivity index (χ1) is 6.95. The van der Waals surface area contributed by atoms with Gasteiger partial charge < -0.3 is 27.7 Å². The van der Waals surface area contributed by atoms with Crippen molar-refractivity contribution in [2.24, 2.45) is 5.73 Å². The van der Waals surface area contributed by atoms with Gasteiger partial charge >= 0.3 is 6.09 Å². The highest BCUT2D eigenvalue weighted by Crippen LogP contribution is 1.97. The molecule has 0 aliphatic rings. The number of nitrogens with two attached hydrogens (primary N) is 4. The molecule has 8 N–H and O–H groups in total. The zero-order chi connectivity index (χ0) is 11.8. The van der Waals surface area contributed by atoms with Crippen molar-refractivity contribution in [3.8, 4) is 0 Å². The Morgan fingerprint density at radius 2 is 1.44 bits per heavy atom. The highest BCUT2D eigenvalue weighted by molar-refractivity contribution is 5.75. The summed E-state index contributed by atoms with van der Waals surface area (Å²) in [6.45, 7) is 2.06. The van der Waals surface area contributed by atoms with Crippen LogP contribution in [0, 0.1) is 0 Å². The molecule has 0 bridgehead atoms. The van der Waals surface area contributed by atoms with E-state index in [2.05, 4.69) is 25.4 Å². The predicted molar refractivity (Wildman–Crippen MR) is 65.6 cm³/mol. The maximum Gasteiger partial charge on any atom is 0.404 e. The normalized spacial score (nSPS) is 8.06. The summed E-state index contributed by atoms with van der Waals surface area (Å²) in [5, 5.41) is 0. The van der Waals surface area contributed by atoms with Gasteiger partial charge in [0.15, 0.2) is 0 Å². The molecule has 10 heteroatoms. The van der Waals surface area contributed by atoms with Crippen molar-refractivity contribution in [1.29, 1.82) is 0 Å². The second-order valence-corrected chi connectivity index (χ2v) is 2.16. The van der Waals surface area contributed by atoms with Crippen molar-refractivity contribution in [2.45, 2.75) is 6.92 Å². The molecule has 16 heavy (non-hydrogen) atoms. The molecule has 1 amide bonds. The van der Waals surface area contributed by atoms with E-state index >= 15 is 0 Å². The topological polar surface area (TPSA) is 169 Å². The molecule has 0 saturated heterocycles. The Bertz CT molecular complexity index is 284. The van der Waals surface area contributed by atoms with E-state index in [1.165, 1.54) is 0 Å². The quantitative estimate of drug-likeness (QED) is 0.387. The van der Waals surface area contributed by atoms with Gasteiger partial charge in [-0.05, 0) is 17.9 Å². The standard InChI is InChI=1S/C3H6N6.C3H7NO2.H4Si/c4-1-7-2(5)9-3(6)8-1;1-2-6-3(4)5;/h(H6,4,5,6,7,8,9);2H2,1H3,(H2,4,5);1H4. The SMILES string of the molecule is CCOC(N)=O.Nc1nc(N)nc(N)n1.[SiH4]. The van der Waals surface area contributed by atoms with Gasteiger partial charge in [0.1, 0.15) is 0 Å². The Morgan fingerprint density at radius 3 is 1.56 bits per heavy atom. The lowest BCUT2D eigenvalue weighted by molar-refractivity contribution is 0.163. The second kappa shape index (κ2) is 8.23. The minimum atomic E-state index is -0.711. The molecule has 0 radical (unpaired) electrons. The van der Waals surface area contributed by atoms with E-state index in [0.29, 0.717) is 6.61 Å². The van der Waals surface area contributed by atoms with Crippen molar-refractivity contribution in [3.63, 3.8) is 0 Å². The number of rotatable bonds is 1. The van der Waals surface area contributed by atoms with Gasteiger partial charge in [0, 0.05) is 0 Å². The molecule has 0 fully saturated rings. The van der Waals surface area contributed by atoms with Gasteiger partial charge in [0.05, 0.1) is 6.61 Å². The highest BCUT2D eigenvalue weighted by atomic mass is 28.1. The fourth-order valence-electron chi connectivity index (χ4n) is 0.569. The average molecular weight is 247 g/mol. The van der Waals surface area contributed by atoms with Crippen LogP contribution in [0.2, 0.25) is 0 Å². The minimum absolute atomic E-state index is 0. The van der Waals surface area contributed by atoms with Crippen LogP contribution in [0.4, 0.5) is 22.6 Å². The van der Waals surface area contributed by atoms with E-state index in [4.69, 9.17) is 17.2 Å². The summed E-state index contributed by atoms with van der Waals surface area (Å²) in [5.74, 6) is 0.125. The number of nitrogen functional groups attached to an aromatic ring is 3. The molecule has 1 heterocycles. The Balaban J connectivity index is 0. The van der Waals surface area contributed by atoms with Crippen LogP contribution < -0.4 is 22.9 Å². The number of aromatic nitrogens is 3. The van der Waals surface area contributed by atoms with Crippen LogP contribution in [0.1, 0.15) is 6.92 Å². The fraction of sp³-hybridized carbons (Fsp3) is 0.333. The Labute approximate surface area is 96.6 Å². The van der Waals surface area contributed by atoms with E-state index in [1.807, 2.05) is 0 Å². The van der Waals surface area contributed by atoms with Crippen molar-refractivity contribution in [1.82, 2.24) is 15.0 Å². The minimum Gasteiger partial charge on any atom is -0.450 e. The summed E-state index contributed by atoms with van der Waals surface area (Å²) in [7, 11) is 0. The van der Waals surface area contributed by atoms with Gasteiger partial charge in [-0.1, -0.05) is 0 Å². The summed E-state index contributed by atoms with van der Waals surface area (Å²) >= 11 is 0. The zero-order valence-corrected chi connectivity index (χ0v) is 8.17. The van der Waals surface area contributed by atoms with E-state index < -0.39 is 6.09 Å². The van der Waals surface area contributed by atoms with Gasteiger partial charge in [-0.25, -0.2) is 4.79 Å². The van der Waals surface area contributed by atoms with Crippen molar-refractivity contribution in [3.05, 3.63) is 0 Å². The molecule has 0 spiro atoms. The van der Waals surface area contributed by atoms with Gasteiger partial charge in [-0.2, -0.15) is 15.0 Å². The lowest BCUT2D eigenvalue weighted by Gasteiger charge is -1.93. The number of primary amides is 1. The molecule has 1 aromatic heterocycles. The smallest absolute Gasteiger partial charge is 0.404 e. The maximum atomic E-state index is 9.60. The molecule has 1 aromatic rings. The Morgan fingerprint density at radius 1 is 1.12 bits per heavy atom. The van der Waals surface area contributed by atoms with Crippen LogP contribution in [0.25, 0.3) is 0 Å². The predicted octanol–water partition coefficient (Wildman–Crippen LogP) is -2.73. The van der Waals surface area contributed by atoms with E-state index in [9.17, 15) is 4.79 Å². The number of carbonyl (C=O) groups is 1. The zero-order valence-electron chi connectivity index (χ0n) is 8.17. The van der Waals surface area contributed by atoms with Gasteiger partial charge in [-0.15, -0.1) is 0 Å². The fourth-order valence-corrected chi connectivity index (χ4v) is 0.569.